The van der Waals surface area contributed by atoms with E-state index in [1.54, 1.807) is 11.3 Å². The number of aliphatic imine (C=N–C) groups is 1. The van der Waals surface area contributed by atoms with Gasteiger partial charge >= 0.3 is 0 Å². The second-order valence-corrected chi connectivity index (χ2v) is 5.92. The van der Waals surface area contributed by atoms with Crippen molar-refractivity contribution in [2.75, 3.05) is 6.54 Å². The molecule has 0 amide bonds. The van der Waals surface area contributed by atoms with Crippen LogP contribution in [-0.2, 0) is 13.1 Å². The van der Waals surface area contributed by atoms with Crippen molar-refractivity contribution in [1.29, 1.82) is 0 Å². The Morgan fingerprint density at radius 2 is 2.24 bits per heavy atom. The fourth-order valence-corrected chi connectivity index (χ4v) is 2.74. The number of hydrogen-bond acceptors (Lipinski definition) is 3. The highest BCUT2D eigenvalue weighted by atomic mass is 35.5. The van der Waals surface area contributed by atoms with E-state index in [2.05, 4.69) is 27.5 Å². The van der Waals surface area contributed by atoms with Gasteiger partial charge in [0.25, 0.3) is 0 Å². The molecule has 0 radical (unpaired) electrons. The van der Waals surface area contributed by atoms with E-state index in [9.17, 15) is 0 Å². The van der Waals surface area contributed by atoms with Gasteiger partial charge in [0.1, 0.15) is 0 Å². The van der Waals surface area contributed by atoms with Crippen LogP contribution in [0.2, 0.25) is 5.02 Å². The van der Waals surface area contributed by atoms with Gasteiger partial charge in [-0.3, -0.25) is 0 Å². The van der Waals surface area contributed by atoms with E-state index in [1.165, 1.54) is 4.88 Å². The molecular formula is C15H19ClN4S. The molecule has 1 aromatic heterocycles. The average molecular weight is 323 g/mol. The van der Waals surface area contributed by atoms with Gasteiger partial charge in [-0.1, -0.05) is 23.7 Å². The Kier molecular flexibility index (Phi) is 6.02. The van der Waals surface area contributed by atoms with Gasteiger partial charge < -0.3 is 10.6 Å². The van der Waals surface area contributed by atoms with Crippen molar-refractivity contribution in [1.82, 2.24) is 15.6 Å². The number of nitrogens with zero attached hydrogens (tertiary/aromatic N) is 2. The third kappa shape index (κ3) is 5.02. The van der Waals surface area contributed by atoms with Gasteiger partial charge in [0, 0.05) is 16.4 Å². The highest BCUT2D eigenvalue weighted by Gasteiger charge is 2.03. The molecule has 0 unspecified atom stereocenters. The van der Waals surface area contributed by atoms with Gasteiger partial charge in [-0.2, -0.15) is 0 Å². The highest BCUT2D eigenvalue weighted by molar-refractivity contribution is 7.09. The summed E-state index contributed by atoms with van der Waals surface area (Å²) in [5.74, 6) is 0.797. The number of halogens is 1. The summed E-state index contributed by atoms with van der Waals surface area (Å²) in [6.07, 6.45) is 0. The van der Waals surface area contributed by atoms with Gasteiger partial charge in [0.05, 0.1) is 24.3 Å². The van der Waals surface area contributed by atoms with Crippen molar-refractivity contribution in [3.63, 3.8) is 0 Å². The van der Waals surface area contributed by atoms with Crippen LogP contribution in [0.15, 0.2) is 34.8 Å². The molecule has 0 saturated heterocycles. The molecule has 2 rings (SSSR count). The van der Waals surface area contributed by atoms with Crippen LogP contribution >= 0.6 is 22.9 Å². The molecule has 0 atom stereocenters. The number of thiazole rings is 1. The van der Waals surface area contributed by atoms with E-state index in [-0.39, 0.29) is 0 Å². The third-order valence-corrected chi connectivity index (χ3v) is 4.08. The highest BCUT2D eigenvalue weighted by Crippen LogP contribution is 2.12. The lowest BCUT2D eigenvalue weighted by molar-refractivity contribution is 0.819. The minimum Gasteiger partial charge on any atom is -0.357 e. The molecule has 0 saturated carbocycles. The van der Waals surface area contributed by atoms with Crippen molar-refractivity contribution in [3.8, 4) is 0 Å². The minimum atomic E-state index is 0.595. The molecule has 4 nitrogen and oxygen atoms in total. The molecule has 2 aromatic rings. The molecule has 0 aliphatic carbocycles. The number of hydrogen-bond donors (Lipinski definition) is 2. The van der Waals surface area contributed by atoms with E-state index in [0.29, 0.717) is 6.54 Å². The zero-order valence-corrected chi connectivity index (χ0v) is 13.8. The number of aromatic nitrogens is 1. The molecule has 1 heterocycles. The molecular weight excluding hydrogens is 304 g/mol. The smallest absolute Gasteiger partial charge is 0.191 e. The largest absolute Gasteiger partial charge is 0.357 e. The quantitative estimate of drug-likeness (QED) is 0.655. The molecule has 0 bridgehead atoms. The van der Waals surface area contributed by atoms with Crippen molar-refractivity contribution < 1.29 is 0 Å². The average Bonchev–Trinajstić information content (AvgIpc) is 2.87. The first-order chi connectivity index (χ1) is 10.2. The monoisotopic (exact) mass is 322 g/mol. The van der Waals surface area contributed by atoms with Crippen LogP contribution in [-0.4, -0.2) is 17.5 Å². The summed E-state index contributed by atoms with van der Waals surface area (Å²) in [5, 5.41) is 7.30. The maximum absolute atomic E-state index is 5.98. The van der Waals surface area contributed by atoms with Crippen LogP contribution in [0.5, 0.6) is 0 Å². The molecule has 0 aliphatic heterocycles. The summed E-state index contributed by atoms with van der Waals surface area (Å²) >= 11 is 7.63. The lowest BCUT2D eigenvalue weighted by Gasteiger charge is -2.10. The molecule has 0 spiro atoms. The lowest BCUT2D eigenvalue weighted by atomic mass is 10.2. The number of benzene rings is 1. The maximum atomic E-state index is 5.98. The van der Waals surface area contributed by atoms with Crippen LogP contribution < -0.4 is 10.6 Å². The molecule has 0 fully saturated rings. The second-order valence-electron chi connectivity index (χ2n) is 4.54. The van der Waals surface area contributed by atoms with E-state index in [1.807, 2.05) is 36.7 Å². The summed E-state index contributed by atoms with van der Waals surface area (Å²) in [6.45, 7) is 6.22. The van der Waals surface area contributed by atoms with Crippen molar-refractivity contribution in [2.24, 2.45) is 4.99 Å². The van der Waals surface area contributed by atoms with Gasteiger partial charge in [0.2, 0.25) is 0 Å². The summed E-state index contributed by atoms with van der Waals surface area (Å²) in [6, 6.07) is 7.76. The Hall–Kier alpha value is -1.59. The zero-order chi connectivity index (χ0) is 15.1. The number of guanidine groups is 1. The summed E-state index contributed by atoms with van der Waals surface area (Å²) < 4.78 is 0. The van der Waals surface area contributed by atoms with Crippen LogP contribution in [0, 0.1) is 6.92 Å². The van der Waals surface area contributed by atoms with Crippen molar-refractivity contribution in [3.05, 3.63) is 50.9 Å². The first kappa shape index (κ1) is 15.8. The number of nitrogens with one attached hydrogen (secondary N) is 2. The van der Waals surface area contributed by atoms with E-state index in [0.717, 1.165) is 35.3 Å². The van der Waals surface area contributed by atoms with Gasteiger partial charge in [-0.25, -0.2) is 9.98 Å². The zero-order valence-electron chi connectivity index (χ0n) is 12.2. The van der Waals surface area contributed by atoms with E-state index < -0.39 is 0 Å². The molecule has 2 N–H and O–H groups in total. The van der Waals surface area contributed by atoms with Crippen LogP contribution in [0.4, 0.5) is 0 Å². The number of aryl methyl sites for hydroxylation is 1. The Bertz CT molecular complexity index is 609. The molecule has 112 valence electrons. The Morgan fingerprint density at radius 1 is 1.38 bits per heavy atom. The fraction of sp³-hybridized carbons (Fsp3) is 0.333. The molecule has 21 heavy (non-hydrogen) atoms. The van der Waals surface area contributed by atoms with Gasteiger partial charge in [-0.15, -0.1) is 11.3 Å². The molecule has 0 aliphatic rings. The molecule has 1 aromatic carbocycles. The normalized spacial score (nSPS) is 11.5. The maximum Gasteiger partial charge on any atom is 0.191 e. The van der Waals surface area contributed by atoms with Crippen molar-refractivity contribution >= 4 is 28.9 Å². The fourth-order valence-electron chi connectivity index (χ4n) is 1.81. The lowest BCUT2D eigenvalue weighted by Crippen LogP contribution is -2.36. The number of rotatable bonds is 5. The van der Waals surface area contributed by atoms with Crippen LogP contribution in [0.1, 0.15) is 23.1 Å². The van der Waals surface area contributed by atoms with E-state index >= 15 is 0 Å². The van der Waals surface area contributed by atoms with Crippen LogP contribution in [0.25, 0.3) is 0 Å². The van der Waals surface area contributed by atoms with Gasteiger partial charge in [-0.05, 0) is 31.5 Å². The molecule has 6 heteroatoms. The topological polar surface area (TPSA) is 49.3 Å². The minimum absolute atomic E-state index is 0.595. The Morgan fingerprint density at radius 3 is 2.90 bits per heavy atom. The van der Waals surface area contributed by atoms with Gasteiger partial charge in [0.15, 0.2) is 5.96 Å². The summed E-state index contributed by atoms with van der Waals surface area (Å²) in [4.78, 5) is 10.0. The first-order valence-electron chi connectivity index (χ1n) is 6.84. The van der Waals surface area contributed by atoms with Crippen LogP contribution in [0.3, 0.4) is 0 Å². The SMILES string of the molecule is CCNC(=NCc1cccc(Cl)c1)NCc1scnc1C. The van der Waals surface area contributed by atoms with Crippen molar-refractivity contribution in [2.45, 2.75) is 26.9 Å². The van der Waals surface area contributed by atoms with E-state index in [4.69, 9.17) is 11.6 Å². The Labute approximate surface area is 134 Å². The summed E-state index contributed by atoms with van der Waals surface area (Å²) in [7, 11) is 0. The second kappa shape index (κ2) is 8.00. The first-order valence-corrected chi connectivity index (χ1v) is 8.10. The Balaban J connectivity index is 1.97. The predicted molar refractivity (Wildman–Crippen MR) is 90.0 cm³/mol. The summed E-state index contributed by atoms with van der Waals surface area (Å²) in [5.41, 5.74) is 4.02. The third-order valence-electron chi connectivity index (χ3n) is 2.91. The predicted octanol–water partition coefficient (Wildman–Crippen LogP) is 3.36. The standard InChI is InChI=1S/C15H19ClN4S/c1-3-17-15(19-9-14-11(2)20-10-21-14)18-8-12-5-4-6-13(16)7-12/h4-7,10H,3,8-9H2,1-2H3,(H2,17,18,19).